The van der Waals surface area contributed by atoms with Crippen LogP contribution in [0.25, 0.3) is 0 Å². The second-order valence-electron chi connectivity index (χ2n) is 5.61. The summed E-state index contributed by atoms with van der Waals surface area (Å²) in [5.74, 6) is -0.775. The summed E-state index contributed by atoms with van der Waals surface area (Å²) in [4.78, 5) is 2.21. The van der Waals surface area contributed by atoms with E-state index in [0.29, 0.717) is 6.54 Å². The molecule has 112 valence electrons. The molecule has 0 spiro atoms. The Balaban J connectivity index is 2.43. The Bertz CT molecular complexity index is 416. The van der Waals surface area contributed by atoms with Crippen LogP contribution in [0.1, 0.15) is 44.2 Å². The fourth-order valence-corrected chi connectivity index (χ4v) is 3.31. The van der Waals surface area contributed by atoms with Crippen LogP contribution in [0.3, 0.4) is 0 Å². The van der Waals surface area contributed by atoms with E-state index in [4.69, 9.17) is 5.73 Å². The number of hydrogen-bond acceptors (Lipinski definition) is 2. The molecule has 4 heteroatoms. The topological polar surface area (TPSA) is 29.3 Å². The maximum atomic E-state index is 14.2. The van der Waals surface area contributed by atoms with E-state index in [-0.39, 0.29) is 17.5 Å². The van der Waals surface area contributed by atoms with Crippen LogP contribution in [0.2, 0.25) is 0 Å². The third-order valence-corrected chi connectivity index (χ3v) is 4.22. The van der Waals surface area contributed by atoms with E-state index in [1.807, 2.05) is 0 Å². The quantitative estimate of drug-likeness (QED) is 0.916. The third kappa shape index (κ3) is 3.18. The third-order valence-electron chi connectivity index (χ3n) is 4.22. The number of halogens is 2. The van der Waals surface area contributed by atoms with E-state index >= 15 is 0 Å². The average Bonchev–Trinajstić information content (AvgIpc) is 2.62. The highest BCUT2D eigenvalue weighted by atomic mass is 19.1. The number of nitrogens with two attached hydrogens (primary N) is 1. The first-order valence-electron chi connectivity index (χ1n) is 7.57. The second-order valence-corrected chi connectivity index (χ2v) is 5.61. The first-order valence-corrected chi connectivity index (χ1v) is 7.57. The van der Waals surface area contributed by atoms with Crippen molar-refractivity contribution in [2.75, 3.05) is 19.6 Å². The van der Waals surface area contributed by atoms with Gasteiger partial charge in [0.1, 0.15) is 11.6 Å². The van der Waals surface area contributed by atoms with Crippen LogP contribution in [-0.4, -0.2) is 24.5 Å². The lowest BCUT2D eigenvalue weighted by Crippen LogP contribution is -2.37. The summed E-state index contributed by atoms with van der Waals surface area (Å²) < 4.78 is 28.4. The van der Waals surface area contributed by atoms with Gasteiger partial charge in [0, 0.05) is 11.6 Å². The molecule has 1 aromatic carbocycles. The van der Waals surface area contributed by atoms with Crippen LogP contribution >= 0.6 is 0 Å². The summed E-state index contributed by atoms with van der Waals surface area (Å²) in [6, 6.07) is 3.89. The molecule has 0 radical (unpaired) electrons. The Labute approximate surface area is 120 Å². The smallest absolute Gasteiger partial charge is 0.130 e. The zero-order valence-electron chi connectivity index (χ0n) is 12.1. The Morgan fingerprint density at radius 3 is 2.55 bits per heavy atom. The monoisotopic (exact) mass is 282 g/mol. The van der Waals surface area contributed by atoms with E-state index in [1.54, 1.807) is 0 Å². The minimum Gasteiger partial charge on any atom is -0.330 e. The fraction of sp³-hybridized carbons (Fsp3) is 0.625. The van der Waals surface area contributed by atoms with E-state index < -0.39 is 11.6 Å². The van der Waals surface area contributed by atoms with Gasteiger partial charge in [-0.3, -0.25) is 4.90 Å². The number of hydrogen-bond donors (Lipinski definition) is 1. The van der Waals surface area contributed by atoms with Gasteiger partial charge in [0.25, 0.3) is 0 Å². The van der Waals surface area contributed by atoms with Gasteiger partial charge in [-0.2, -0.15) is 0 Å². The number of likely N-dealkylation sites (tertiary alicyclic amines) is 1. The highest BCUT2D eigenvalue weighted by Gasteiger charge is 2.33. The average molecular weight is 282 g/mol. The molecule has 1 saturated heterocycles. The second kappa shape index (κ2) is 7.14. The molecule has 0 bridgehead atoms. The lowest BCUT2D eigenvalue weighted by molar-refractivity contribution is 0.150. The zero-order chi connectivity index (χ0) is 14.5. The van der Waals surface area contributed by atoms with Crippen LogP contribution in [0.15, 0.2) is 18.2 Å². The van der Waals surface area contributed by atoms with Gasteiger partial charge in [-0.05, 0) is 56.9 Å². The Morgan fingerprint density at radius 2 is 1.95 bits per heavy atom. The Morgan fingerprint density at radius 1 is 1.25 bits per heavy atom. The van der Waals surface area contributed by atoms with Crippen LogP contribution in [-0.2, 0) is 0 Å². The summed E-state index contributed by atoms with van der Waals surface area (Å²) in [6.07, 6.45) is 4.07. The van der Waals surface area contributed by atoms with Gasteiger partial charge in [-0.25, -0.2) is 8.78 Å². The lowest BCUT2D eigenvalue weighted by Gasteiger charge is -2.35. The van der Waals surface area contributed by atoms with Crippen molar-refractivity contribution in [3.8, 4) is 0 Å². The molecule has 2 nitrogen and oxygen atoms in total. The zero-order valence-corrected chi connectivity index (χ0v) is 12.1. The first-order chi connectivity index (χ1) is 9.69. The highest BCUT2D eigenvalue weighted by Crippen LogP contribution is 2.37. The first kappa shape index (κ1) is 15.4. The molecular formula is C16H24F2N2. The summed E-state index contributed by atoms with van der Waals surface area (Å²) in [5, 5.41) is 0. The van der Waals surface area contributed by atoms with Crippen LogP contribution in [0.5, 0.6) is 0 Å². The Hall–Kier alpha value is -1.00. The van der Waals surface area contributed by atoms with Crippen molar-refractivity contribution in [3.05, 3.63) is 35.4 Å². The normalized spacial score (nSPS) is 24.6. The van der Waals surface area contributed by atoms with Crippen molar-refractivity contribution in [2.45, 2.75) is 38.6 Å². The van der Waals surface area contributed by atoms with Gasteiger partial charge >= 0.3 is 0 Å². The van der Waals surface area contributed by atoms with Crippen molar-refractivity contribution in [1.82, 2.24) is 4.90 Å². The van der Waals surface area contributed by atoms with Crippen molar-refractivity contribution in [1.29, 1.82) is 0 Å². The predicted octanol–water partition coefficient (Wildman–Crippen LogP) is 3.48. The highest BCUT2D eigenvalue weighted by molar-refractivity contribution is 5.24. The Kier molecular flexibility index (Phi) is 5.49. The molecule has 2 atom stereocenters. The molecule has 0 amide bonds. The molecule has 1 fully saturated rings. The molecule has 0 aliphatic carbocycles. The van der Waals surface area contributed by atoms with Crippen molar-refractivity contribution in [3.63, 3.8) is 0 Å². The number of nitrogens with zero attached hydrogens (tertiary/aromatic N) is 1. The summed E-state index contributed by atoms with van der Waals surface area (Å²) in [7, 11) is 0. The molecule has 1 aliphatic heterocycles. The summed E-state index contributed by atoms with van der Waals surface area (Å²) in [5.41, 5.74) is 6.09. The maximum absolute atomic E-state index is 14.2. The number of rotatable bonds is 4. The lowest BCUT2D eigenvalue weighted by atomic mass is 9.88. The molecule has 20 heavy (non-hydrogen) atoms. The molecule has 2 unspecified atom stereocenters. The number of benzene rings is 1. The van der Waals surface area contributed by atoms with E-state index in [0.717, 1.165) is 38.8 Å². The SMILES string of the molecule is CCCN1CCCCC(CN)C1c1c(F)cccc1F. The largest absolute Gasteiger partial charge is 0.330 e. The molecular weight excluding hydrogens is 258 g/mol. The molecule has 1 aliphatic rings. The van der Waals surface area contributed by atoms with Crippen LogP contribution < -0.4 is 5.73 Å². The molecule has 1 heterocycles. The minimum absolute atomic E-state index is 0.121. The van der Waals surface area contributed by atoms with Crippen LogP contribution in [0.4, 0.5) is 8.78 Å². The van der Waals surface area contributed by atoms with Crippen molar-refractivity contribution in [2.24, 2.45) is 11.7 Å². The van der Waals surface area contributed by atoms with Crippen LogP contribution in [0, 0.1) is 17.6 Å². The molecule has 0 aromatic heterocycles. The molecule has 2 rings (SSSR count). The van der Waals surface area contributed by atoms with Gasteiger partial charge in [0.05, 0.1) is 0 Å². The summed E-state index contributed by atoms with van der Waals surface area (Å²) in [6.45, 7) is 4.31. The summed E-state index contributed by atoms with van der Waals surface area (Å²) >= 11 is 0. The van der Waals surface area contributed by atoms with Gasteiger partial charge in [-0.15, -0.1) is 0 Å². The minimum atomic E-state index is -0.448. The molecule has 0 saturated carbocycles. The molecule has 2 N–H and O–H groups in total. The van der Waals surface area contributed by atoms with E-state index in [9.17, 15) is 8.78 Å². The van der Waals surface area contributed by atoms with Gasteiger partial charge in [0.2, 0.25) is 0 Å². The van der Waals surface area contributed by atoms with Crippen molar-refractivity contribution >= 4 is 0 Å². The fourth-order valence-electron chi connectivity index (χ4n) is 3.31. The maximum Gasteiger partial charge on any atom is 0.130 e. The standard InChI is InChI=1S/C16H24F2N2/c1-2-9-20-10-4-3-6-12(11-19)16(20)15-13(17)7-5-8-14(15)18/h5,7-8,12,16H,2-4,6,9-11,19H2,1H3. The van der Waals surface area contributed by atoms with Gasteiger partial charge in [0.15, 0.2) is 0 Å². The predicted molar refractivity (Wildman–Crippen MR) is 77.4 cm³/mol. The van der Waals surface area contributed by atoms with E-state index in [1.165, 1.54) is 18.2 Å². The molecule has 1 aromatic rings. The van der Waals surface area contributed by atoms with Gasteiger partial charge in [-0.1, -0.05) is 19.4 Å². The van der Waals surface area contributed by atoms with E-state index in [2.05, 4.69) is 11.8 Å². The van der Waals surface area contributed by atoms with Gasteiger partial charge < -0.3 is 5.73 Å². The van der Waals surface area contributed by atoms with Crippen molar-refractivity contribution < 1.29 is 8.78 Å².